The highest BCUT2D eigenvalue weighted by Gasteiger charge is 2.30. The fraction of sp³-hybridized carbons (Fsp3) is 0.176. The highest BCUT2D eigenvalue weighted by molar-refractivity contribution is 7.91. The third-order valence-electron chi connectivity index (χ3n) is 4.11. The van der Waals surface area contributed by atoms with Gasteiger partial charge in [-0.05, 0) is 48.7 Å². The summed E-state index contributed by atoms with van der Waals surface area (Å²) in [5.41, 5.74) is 6.62. The second kappa shape index (κ2) is 7.81. The zero-order valence-corrected chi connectivity index (χ0v) is 16.7. The largest absolute Gasteiger partial charge is 0.506 e. The maximum Gasteiger partial charge on any atom is 0.330 e. The van der Waals surface area contributed by atoms with Gasteiger partial charge in [0.1, 0.15) is 11.4 Å². The minimum Gasteiger partial charge on any atom is -0.506 e. The van der Waals surface area contributed by atoms with Crippen molar-refractivity contribution in [2.24, 2.45) is 0 Å². The van der Waals surface area contributed by atoms with Gasteiger partial charge in [0.2, 0.25) is 15.9 Å². The van der Waals surface area contributed by atoms with Gasteiger partial charge in [-0.1, -0.05) is 12.1 Å². The minimum absolute atomic E-state index is 0.0207. The third-order valence-corrected chi connectivity index (χ3v) is 6.86. The van der Waals surface area contributed by atoms with Crippen LogP contribution in [0.25, 0.3) is 0 Å². The number of aliphatic hydroxyl groups excluding tert-OH is 1. The number of aryl methyl sites for hydroxylation is 1. The molecule has 0 unspecified atom stereocenters. The van der Waals surface area contributed by atoms with E-state index in [1.807, 2.05) is 4.72 Å². The lowest BCUT2D eigenvalue weighted by Crippen LogP contribution is -2.29. The molecule has 2 aromatic carbocycles. The second-order valence-electron chi connectivity index (χ2n) is 6.31. The lowest BCUT2D eigenvalue weighted by Gasteiger charge is -2.16. The lowest BCUT2D eigenvalue weighted by atomic mass is 10.1. The van der Waals surface area contributed by atoms with E-state index in [1.165, 1.54) is 24.3 Å². The summed E-state index contributed by atoms with van der Waals surface area (Å²) >= 11 is 0. The van der Waals surface area contributed by atoms with E-state index in [9.17, 15) is 27.0 Å². The molecular formula is C17H20N4O6S2. The van der Waals surface area contributed by atoms with Crippen LogP contribution < -0.4 is 19.5 Å². The summed E-state index contributed by atoms with van der Waals surface area (Å²) in [7, 11) is -7.67. The molecule has 1 aliphatic rings. The number of hydrogen-bond donors (Lipinski definition) is 5. The molecule has 0 aliphatic carbocycles. The summed E-state index contributed by atoms with van der Waals surface area (Å²) in [6.07, 6.45) is 1.83. The zero-order chi connectivity index (χ0) is 21.2. The molecule has 0 amide bonds. The molecule has 0 radical (unpaired) electrons. The normalized spacial score (nSPS) is 15.7. The number of anilines is 2. The van der Waals surface area contributed by atoms with E-state index in [-0.39, 0.29) is 22.9 Å². The van der Waals surface area contributed by atoms with Gasteiger partial charge in [0.25, 0.3) is 0 Å². The molecule has 0 spiro atoms. The first-order valence-electron chi connectivity index (χ1n) is 8.48. The van der Waals surface area contributed by atoms with E-state index in [2.05, 4.69) is 4.72 Å². The summed E-state index contributed by atoms with van der Waals surface area (Å²) in [5.74, 6) is -0.847. The smallest absolute Gasteiger partial charge is 0.330 e. The van der Waals surface area contributed by atoms with Gasteiger partial charge in [-0.15, -0.1) is 0 Å². The Morgan fingerprint density at radius 2 is 1.90 bits per heavy atom. The predicted molar refractivity (Wildman–Crippen MR) is 108 cm³/mol. The van der Waals surface area contributed by atoms with E-state index >= 15 is 0 Å². The Morgan fingerprint density at radius 1 is 1.14 bits per heavy atom. The first-order chi connectivity index (χ1) is 13.6. The van der Waals surface area contributed by atoms with Crippen molar-refractivity contribution in [3.05, 3.63) is 60.1 Å². The first-order valence-corrected chi connectivity index (χ1v) is 11.4. The number of hydrogen-bond acceptors (Lipinski definition) is 7. The van der Waals surface area contributed by atoms with Crippen LogP contribution in [0.15, 0.2) is 59.4 Å². The molecule has 12 heteroatoms. The van der Waals surface area contributed by atoms with Crippen LogP contribution in [0.5, 0.6) is 5.75 Å². The molecule has 3 rings (SSSR count). The number of nitrogens with two attached hydrogens (primary N) is 1. The first kappa shape index (κ1) is 20.8. The standard InChI is InChI=1S/C17H20N4O6S2/c18-13-4-1-5-14(10-13)28(24,25)19-8-2-3-12-6-7-15(16(22)9-12)21-11-17(23)20-29(21,26)27/h1,4-7,9-11,19-20,22-23H,2-3,8,18H2. The molecule has 29 heavy (non-hydrogen) atoms. The van der Waals surface area contributed by atoms with Crippen LogP contribution >= 0.6 is 0 Å². The molecular weight excluding hydrogens is 420 g/mol. The summed E-state index contributed by atoms with van der Waals surface area (Å²) in [5, 5.41) is 19.5. The lowest BCUT2D eigenvalue weighted by molar-refractivity contribution is 0.392. The van der Waals surface area contributed by atoms with Gasteiger partial charge in [0.05, 0.1) is 11.1 Å². The Labute approximate surface area is 168 Å². The minimum atomic E-state index is -4.00. The quantitative estimate of drug-likeness (QED) is 0.315. The summed E-state index contributed by atoms with van der Waals surface area (Å²) < 4.78 is 53.3. The fourth-order valence-electron chi connectivity index (χ4n) is 2.76. The predicted octanol–water partition coefficient (Wildman–Crippen LogP) is 0.897. The summed E-state index contributed by atoms with van der Waals surface area (Å²) in [4.78, 5) is 0.0798. The number of nitrogen functional groups attached to an aromatic ring is 1. The molecule has 1 aliphatic heterocycles. The van der Waals surface area contributed by atoms with E-state index < -0.39 is 26.1 Å². The van der Waals surface area contributed by atoms with Crippen molar-refractivity contribution in [1.29, 1.82) is 0 Å². The topological polar surface area (TPSA) is 162 Å². The average molecular weight is 441 g/mol. The van der Waals surface area contributed by atoms with Crippen LogP contribution in [0.1, 0.15) is 12.0 Å². The molecule has 0 fully saturated rings. The highest BCUT2D eigenvalue weighted by atomic mass is 32.2. The molecule has 0 saturated carbocycles. The molecule has 0 bridgehead atoms. The van der Waals surface area contributed by atoms with Crippen molar-refractivity contribution in [1.82, 2.24) is 9.44 Å². The Balaban J connectivity index is 1.60. The molecule has 0 aromatic heterocycles. The number of benzene rings is 2. The number of nitrogens with zero attached hydrogens (tertiary/aromatic N) is 1. The van der Waals surface area contributed by atoms with Crippen molar-refractivity contribution >= 4 is 31.6 Å². The molecule has 10 nitrogen and oxygen atoms in total. The Kier molecular flexibility index (Phi) is 5.59. The van der Waals surface area contributed by atoms with Crippen LogP contribution in [0.4, 0.5) is 11.4 Å². The number of nitrogens with one attached hydrogen (secondary N) is 2. The Morgan fingerprint density at radius 3 is 2.52 bits per heavy atom. The molecule has 1 heterocycles. The number of sulfonamides is 1. The zero-order valence-electron chi connectivity index (χ0n) is 15.1. The monoisotopic (exact) mass is 440 g/mol. The number of aliphatic hydroxyl groups is 1. The molecule has 0 saturated heterocycles. The van der Waals surface area contributed by atoms with E-state index in [0.717, 1.165) is 10.5 Å². The van der Waals surface area contributed by atoms with Crippen molar-refractivity contribution < 1.29 is 27.0 Å². The number of phenolic OH excluding ortho intramolecular Hbond substituents is 1. The van der Waals surface area contributed by atoms with Crippen molar-refractivity contribution in [3.8, 4) is 5.75 Å². The molecule has 0 atom stereocenters. The number of rotatable bonds is 7. The van der Waals surface area contributed by atoms with E-state index in [1.54, 1.807) is 18.2 Å². The SMILES string of the molecule is Nc1cccc(S(=O)(=O)NCCCc2ccc(N3C=C(O)NS3(=O)=O)c(O)c2)c1. The molecule has 156 valence electrons. The molecule has 6 N–H and O–H groups in total. The van der Waals surface area contributed by atoms with Crippen LogP contribution in [0.2, 0.25) is 0 Å². The Bertz CT molecular complexity index is 1160. The third kappa shape index (κ3) is 4.72. The van der Waals surface area contributed by atoms with Gasteiger partial charge < -0.3 is 15.9 Å². The van der Waals surface area contributed by atoms with Crippen LogP contribution in [0, 0.1) is 0 Å². The fourth-order valence-corrected chi connectivity index (χ4v) is 4.96. The van der Waals surface area contributed by atoms with Crippen molar-refractivity contribution in [3.63, 3.8) is 0 Å². The maximum atomic E-state index is 12.2. The van der Waals surface area contributed by atoms with Gasteiger partial charge >= 0.3 is 10.2 Å². The maximum absolute atomic E-state index is 12.2. The number of phenols is 1. The number of aromatic hydroxyl groups is 1. The Hall–Kier alpha value is -2.96. The van der Waals surface area contributed by atoms with Crippen molar-refractivity contribution in [2.75, 3.05) is 16.6 Å². The summed E-state index contributed by atoms with van der Waals surface area (Å²) in [6, 6.07) is 10.4. The van der Waals surface area contributed by atoms with E-state index in [0.29, 0.717) is 24.1 Å². The average Bonchev–Trinajstić information content (AvgIpc) is 2.91. The van der Waals surface area contributed by atoms with Crippen LogP contribution in [0.3, 0.4) is 0 Å². The van der Waals surface area contributed by atoms with Gasteiger partial charge in [0, 0.05) is 12.2 Å². The van der Waals surface area contributed by atoms with Gasteiger partial charge in [-0.25, -0.2) is 22.2 Å². The van der Waals surface area contributed by atoms with Crippen molar-refractivity contribution in [2.45, 2.75) is 17.7 Å². The van der Waals surface area contributed by atoms with Crippen LogP contribution in [-0.4, -0.2) is 33.6 Å². The van der Waals surface area contributed by atoms with E-state index in [4.69, 9.17) is 5.73 Å². The highest BCUT2D eigenvalue weighted by Crippen LogP contribution is 2.32. The van der Waals surface area contributed by atoms with Gasteiger partial charge in [-0.2, -0.15) is 8.42 Å². The van der Waals surface area contributed by atoms with Crippen LogP contribution in [-0.2, 0) is 26.7 Å². The molecule has 2 aromatic rings. The second-order valence-corrected chi connectivity index (χ2v) is 9.63. The van der Waals surface area contributed by atoms with Gasteiger partial charge in [-0.3, -0.25) is 0 Å². The van der Waals surface area contributed by atoms with Gasteiger partial charge in [0.15, 0.2) is 0 Å². The summed E-state index contributed by atoms with van der Waals surface area (Å²) in [6.45, 7) is 0.167.